The number of hydrogen-bond acceptors (Lipinski definition) is 4. The number of nitrogens with zero attached hydrogens (tertiary/aromatic N) is 4. The predicted octanol–water partition coefficient (Wildman–Crippen LogP) is 2.49. The Labute approximate surface area is 146 Å². The van der Waals surface area contributed by atoms with E-state index < -0.39 is 0 Å². The van der Waals surface area contributed by atoms with Crippen molar-refractivity contribution in [3.05, 3.63) is 60.0 Å². The van der Waals surface area contributed by atoms with E-state index >= 15 is 0 Å². The third-order valence-electron chi connectivity index (χ3n) is 4.72. The number of aromatic nitrogens is 3. The van der Waals surface area contributed by atoms with Gasteiger partial charge in [0.05, 0.1) is 30.4 Å². The molecule has 128 valence electrons. The van der Waals surface area contributed by atoms with Crippen molar-refractivity contribution < 1.29 is 9.53 Å². The van der Waals surface area contributed by atoms with Gasteiger partial charge in [0.2, 0.25) is 0 Å². The zero-order chi connectivity index (χ0) is 17.2. The number of fused-ring (bicyclic) bond motifs is 2. The Bertz CT molecular complexity index is 905. The van der Waals surface area contributed by atoms with Gasteiger partial charge in [-0.25, -0.2) is 0 Å². The van der Waals surface area contributed by atoms with Crippen molar-refractivity contribution in [1.82, 2.24) is 19.7 Å². The van der Waals surface area contributed by atoms with Crippen LogP contribution in [0.3, 0.4) is 0 Å². The van der Waals surface area contributed by atoms with Crippen molar-refractivity contribution in [1.29, 1.82) is 0 Å². The van der Waals surface area contributed by atoms with Crippen LogP contribution in [0.2, 0.25) is 0 Å². The lowest BCUT2D eigenvalue weighted by atomic mass is 10.1. The first-order chi connectivity index (χ1) is 12.3. The molecule has 0 N–H and O–H groups in total. The lowest BCUT2D eigenvalue weighted by molar-refractivity contribution is 0.0503. The fourth-order valence-corrected chi connectivity index (χ4v) is 3.40. The molecule has 25 heavy (non-hydrogen) atoms. The molecule has 6 nitrogen and oxygen atoms in total. The summed E-state index contributed by atoms with van der Waals surface area (Å²) >= 11 is 0. The summed E-state index contributed by atoms with van der Waals surface area (Å²) in [5, 5.41) is 5.32. The Morgan fingerprint density at radius 1 is 1.28 bits per heavy atom. The van der Waals surface area contributed by atoms with Crippen LogP contribution >= 0.6 is 0 Å². The summed E-state index contributed by atoms with van der Waals surface area (Å²) in [5.41, 5.74) is 2.62. The summed E-state index contributed by atoms with van der Waals surface area (Å²) in [6.07, 6.45) is 4.37. The maximum absolute atomic E-state index is 13.2. The number of benzene rings is 1. The van der Waals surface area contributed by atoms with Crippen molar-refractivity contribution in [3.63, 3.8) is 0 Å². The molecule has 1 aliphatic rings. The van der Waals surface area contributed by atoms with E-state index in [9.17, 15) is 4.79 Å². The van der Waals surface area contributed by atoms with Crippen molar-refractivity contribution in [2.24, 2.45) is 0 Å². The summed E-state index contributed by atoms with van der Waals surface area (Å²) in [7, 11) is 1.67. The number of carbonyl (C=O) groups is 1. The number of hydrogen-bond donors (Lipinski definition) is 0. The van der Waals surface area contributed by atoms with Gasteiger partial charge in [-0.15, -0.1) is 0 Å². The Morgan fingerprint density at radius 3 is 3.08 bits per heavy atom. The number of methoxy groups -OCH3 is 1. The standard InChI is InChI=1S/C19H20N4O2/c1-25-13-17-7-10-23-16(6-9-21-23)12-22(17)19(24)15-4-5-18-14(11-15)3-2-8-20-18/h2-6,8-9,11,17H,7,10,12-13H2,1H3/t17-/m1/s1. The quantitative estimate of drug-likeness (QED) is 0.737. The van der Waals surface area contributed by atoms with Crippen LogP contribution in [0, 0.1) is 0 Å². The van der Waals surface area contributed by atoms with Gasteiger partial charge in [-0.3, -0.25) is 14.5 Å². The Balaban J connectivity index is 1.69. The first-order valence-corrected chi connectivity index (χ1v) is 8.41. The molecule has 0 saturated heterocycles. The third kappa shape index (κ3) is 3.00. The number of aryl methyl sites for hydroxylation is 1. The highest BCUT2D eigenvalue weighted by atomic mass is 16.5. The fraction of sp³-hybridized carbons (Fsp3) is 0.316. The minimum absolute atomic E-state index is 0.0162. The van der Waals surface area contributed by atoms with Crippen LogP contribution < -0.4 is 0 Å². The van der Waals surface area contributed by atoms with Gasteiger partial charge in [-0.05, 0) is 36.8 Å². The molecular formula is C19H20N4O2. The summed E-state index contributed by atoms with van der Waals surface area (Å²) in [4.78, 5) is 19.5. The number of amides is 1. The monoisotopic (exact) mass is 336 g/mol. The second kappa shape index (κ2) is 6.64. The van der Waals surface area contributed by atoms with E-state index in [4.69, 9.17) is 4.74 Å². The second-order valence-electron chi connectivity index (χ2n) is 6.29. The summed E-state index contributed by atoms with van der Waals surface area (Å²) in [5.74, 6) is 0.0162. The highest BCUT2D eigenvalue weighted by Crippen LogP contribution is 2.22. The molecule has 4 rings (SSSR count). The van der Waals surface area contributed by atoms with Gasteiger partial charge in [0.15, 0.2) is 0 Å². The second-order valence-corrected chi connectivity index (χ2v) is 6.29. The van der Waals surface area contributed by atoms with Crippen molar-refractivity contribution in [3.8, 4) is 0 Å². The molecule has 0 saturated carbocycles. The molecule has 1 atom stereocenters. The van der Waals surface area contributed by atoms with E-state index in [1.165, 1.54) is 0 Å². The smallest absolute Gasteiger partial charge is 0.254 e. The van der Waals surface area contributed by atoms with Crippen molar-refractivity contribution >= 4 is 16.8 Å². The van der Waals surface area contributed by atoms with Gasteiger partial charge in [0.25, 0.3) is 5.91 Å². The normalized spacial score (nSPS) is 17.3. The van der Waals surface area contributed by atoms with Crippen LogP contribution in [0.4, 0.5) is 0 Å². The van der Waals surface area contributed by atoms with Gasteiger partial charge < -0.3 is 9.64 Å². The highest BCUT2D eigenvalue weighted by Gasteiger charge is 2.28. The fourth-order valence-electron chi connectivity index (χ4n) is 3.40. The van der Waals surface area contributed by atoms with E-state index in [2.05, 4.69) is 10.1 Å². The summed E-state index contributed by atoms with van der Waals surface area (Å²) in [6.45, 7) is 1.85. The number of carbonyl (C=O) groups excluding carboxylic acids is 1. The number of ether oxygens (including phenoxy) is 1. The van der Waals surface area contributed by atoms with E-state index in [0.717, 1.165) is 29.6 Å². The molecule has 2 aromatic heterocycles. The Morgan fingerprint density at radius 2 is 2.20 bits per heavy atom. The molecule has 1 aliphatic heterocycles. The van der Waals surface area contributed by atoms with Gasteiger partial charge >= 0.3 is 0 Å². The van der Waals surface area contributed by atoms with E-state index in [1.807, 2.05) is 46.0 Å². The third-order valence-corrected chi connectivity index (χ3v) is 4.72. The number of pyridine rings is 1. The molecular weight excluding hydrogens is 316 g/mol. The highest BCUT2D eigenvalue weighted by molar-refractivity contribution is 5.98. The zero-order valence-electron chi connectivity index (χ0n) is 14.1. The maximum Gasteiger partial charge on any atom is 0.254 e. The average Bonchev–Trinajstić information content (AvgIpc) is 3.02. The molecule has 6 heteroatoms. The van der Waals surface area contributed by atoms with Crippen LogP contribution in [-0.4, -0.2) is 45.3 Å². The molecule has 0 bridgehead atoms. The average molecular weight is 336 g/mol. The Hall–Kier alpha value is -2.73. The van der Waals surface area contributed by atoms with Crippen LogP contribution in [0.1, 0.15) is 22.5 Å². The molecule has 0 fully saturated rings. The van der Waals surface area contributed by atoms with Crippen LogP contribution in [0.15, 0.2) is 48.8 Å². The molecule has 0 aliphatic carbocycles. The van der Waals surface area contributed by atoms with Crippen molar-refractivity contribution in [2.45, 2.75) is 25.6 Å². The molecule has 3 heterocycles. The van der Waals surface area contributed by atoms with Gasteiger partial charge in [0, 0.05) is 37.0 Å². The molecule has 0 unspecified atom stereocenters. The molecule has 1 aromatic carbocycles. The Kier molecular flexibility index (Phi) is 4.19. The molecule has 1 amide bonds. The SMILES string of the molecule is COC[C@H]1CCn2nccc2CN1C(=O)c1ccc2ncccc2c1. The van der Waals surface area contributed by atoms with Gasteiger partial charge in [0.1, 0.15) is 0 Å². The summed E-state index contributed by atoms with van der Waals surface area (Å²) < 4.78 is 7.34. The van der Waals surface area contributed by atoms with Crippen LogP contribution in [0.5, 0.6) is 0 Å². The molecule has 0 spiro atoms. The zero-order valence-corrected chi connectivity index (χ0v) is 14.1. The first-order valence-electron chi connectivity index (χ1n) is 8.41. The van der Waals surface area contributed by atoms with Crippen molar-refractivity contribution in [2.75, 3.05) is 13.7 Å². The van der Waals surface area contributed by atoms with Gasteiger partial charge in [-0.2, -0.15) is 5.10 Å². The minimum Gasteiger partial charge on any atom is -0.383 e. The number of rotatable bonds is 3. The maximum atomic E-state index is 13.2. The van der Waals surface area contributed by atoms with Crippen LogP contribution in [-0.2, 0) is 17.8 Å². The predicted molar refractivity (Wildman–Crippen MR) is 94.1 cm³/mol. The van der Waals surface area contributed by atoms with E-state index in [-0.39, 0.29) is 11.9 Å². The molecule has 0 radical (unpaired) electrons. The van der Waals surface area contributed by atoms with E-state index in [1.54, 1.807) is 19.5 Å². The minimum atomic E-state index is 0.0162. The lowest BCUT2D eigenvalue weighted by Gasteiger charge is -2.29. The molecule has 3 aromatic rings. The first kappa shape index (κ1) is 15.8. The van der Waals surface area contributed by atoms with E-state index in [0.29, 0.717) is 18.7 Å². The van der Waals surface area contributed by atoms with Gasteiger partial charge in [-0.1, -0.05) is 6.07 Å². The van der Waals surface area contributed by atoms with Crippen LogP contribution in [0.25, 0.3) is 10.9 Å². The summed E-state index contributed by atoms with van der Waals surface area (Å²) in [6, 6.07) is 11.5. The lowest BCUT2D eigenvalue weighted by Crippen LogP contribution is -2.41. The topological polar surface area (TPSA) is 60.2 Å². The largest absolute Gasteiger partial charge is 0.383 e.